The second kappa shape index (κ2) is 10.3. The van der Waals surface area contributed by atoms with Crippen LogP contribution in [0.1, 0.15) is 46.5 Å². The summed E-state index contributed by atoms with van der Waals surface area (Å²) in [5.41, 5.74) is 1.76. The summed E-state index contributed by atoms with van der Waals surface area (Å²) < 4.78 is 15.8. The van der Waals surface area contributed by atoms with Gasteiger partial charge in [-0.1, -0.05) is 19.9 Å². The Hall–Kier alpha value is -3.02. The fourth-order valence-corrected chi connectivity index (χ4v) is 2.51. The number of methoxy groups -OCH3 is 2. The van der Waals surface area contributed by atoms with Crippen molar-refractivity contribution in [3.8, 4) is 11.5 Å². The third-order valence-electron chi connectivity index (χ3n) is 4.20. The number of esters is 1. The Bertz CT molecular complexity index is 799. The fraction of sp³-hybridized carbons (Fsp3) is 0.364. The zero-order valence-corrected chi connectivity index (χ0v) is 16.8. The number of carbonyl (C=O) groups is 2. The van der Waals surface area contributed by atoms with Gasteiger partial charge in [0, 0.05) is 12.1 Å². The highest BCUT2D eigenvalue weighted by atomic mass is 16.5. The van der Waals surface area contributed by atoms with Gasteiger partial charge >= 0.3 is 5.97 Å². The molecule has 28 heavy (non-hydrogen) atoms. The summed E-state index contributed by atoms with van der Waals surface area (Å²) in [6.45, 7) is 5.27. The zero-order chi connectivity index (χ0) is 20.5. The highest BCUT2D eigenvalue weighted by molar-refractivity contribution is 5.96. The van der Waals surface area contributed by atoms with Crippen LogP contribution in [0.4, 0.5) is 0 Å². The van der Waals surface area contributed by atoms with E-state index in [1.807, 2.05) is 18.2 Å². The molecule has 0 fully saturated rings. The smallest absolute Gasteiger partial charge is 0.337 e. The average Bonchev–Trinajstić information content (AvgIpc) is 2.71. The summed E-state index contributed by atoms with van der Waals surface area (Å²) in [6, 6.07) is 11.9. The summed E-state index contributed by atoms with van der Waals surface area (Å²) in [5, 5.41) is 2.86. The Morgan fingerprint density at radius 1 is 0.964 bits per heavy atom. The molecule has 0 atom stereocenters. The Morgan fingerprint density at radius 2 is 1.64 bits per heavy atom. The van der Waals surface area contributed by atoms with Gasteiger partial charge in [-0.3, -0.25) is 4.79 Å². The minimum atomic E-state index is -0.435. The van der Waals surface area contributed by atoms with Crippen molar-refractivity contribution >= 4 is 11.9 Å². The van der Waals surface area contributed by atoms with E-state index in [2.05, 4.69) is 23.9 Å². The number of nitrogens with one attached hydrogen (secondary N) is 1. The first-order chi connectivity index (χ1) is 13.4. The normalized spacial score (nSPS) is 10.5. The SMILES string of the molecule is COC(=O)c1ccc(C(=O)NCc2ccc(OCCC(C)C)c(OC)c2)cc1. The van der Waals surface area contributed by atoms with E-state index in [4.69, 9.17) is 9.47 Å². The van der Waals surface area contributed by atoms with Crippen LogP contribution in [0.15, 0.2) is 42.5 Å². The van der Waals surface area contributed by atoms with Crippen LogP contribution in [-0.2, 0) is 11.3 Å². The molecule has 0 aliphatic carbocycles. The number of rotatable bonds is 9. The molecule has 0 bridgehead atoms. The van der Waals surface area contributed by atoms with Gasteiger partial charge in [-0.25, -0.2) is 4.79 Å². The first-order valence-corrected chi connectivity index (χ1v) is 9.21. The van der Waals surface area contributed by atoms with Crippen LogP contribution in [0.5, 0.6) is 11.5 Å². The van der Waals surface area contributed by atoms with Gasteiger partial charge in [-0.05, 0) is 54.3 Å². The van der Waals surface area contributed by atoms with E-state index in [0.29, 0.717) is 41.7 Å². The second-order valence-electron chi connectivity index (χ2n) is 6.77. The number of hydrogen-bond donors (Lipinski definition) is 1. The lowest BCUT2D eigenvalue weighted by Crippen LogP contribution is -2.22. The number of benzene rings is 2. The minimum Gasteiger partial charge on any atom is -0.493 e. The zero-order valence-electron chi connectivity index (χ0n) is 16.8. The lowest BCUT2D eigenvalue weighted by Gasteiger charge is -2.13. The van der Waals surface area contributed by atoms with Crippen LogP contribution in [0, 0.1) is 5.92 Å². The molecule has 1 N–H and O–H groups in total. The van der Waals surface area contributed by atoms with Crippen molar-refractivity contribution in [2.45, 2.75) is 26.8 Å². The van der Waals surface area contributed by atoms with Crippen molar-refractivity contribution in [1.82, 2.24) is 5.32 Å². The molecule has 1 amide bonds. The predicted octanol–water partition coefficient (Wildman–Crippen LogP) is 3.84. The monoisotopic (exact) mass is 385 g/mol. The summed E-state index contributed by atoms with van der Waals surface area (Å²) >= 11 is 0. The van der Waals surface area contributed by atoms with Gasteiger partial charge in [0.2, 0.25) is 0 Å². The van der Waals surface area contributed by atoms with Crippen molar-refractivity contribution in [3.05, 3.63) is 59.2 Å². The Morgan fingerprint density at radius 3 is 2.25 bits per heavy atom. The maximum absolute atomic E-state index is 12.3. The quantitative estimate of drug-likeness (QED) is 0.664. The summed E-state index contributed by atoms with van der Waals surface area (Å²) in [7, 11) is 2.91. The maximum atomic E-state index is 12.3. The van der Waals surface area contributed by atoms with E-state index < -0.39 is 5.97 Å². The molecular formula is C22H27NO5. The molecule has 2 aromatic rings. The van der Waals surface area contributed by atoms with Crippen LogP contribution in [0.3, 0.4) is 0 Å². The lowest BCUT2D eigenvalue weighted by molar-refractivity contribution is 0.0600. The Kier molecular flexibility index (Phi) is 7.87. The van der Waals surface area contributed by atoms with E-state index in [0.717, 1.165) is 12.0 Å². The molecular weight excluding hydrogens is 358 g/mol. The van der Waals surface area contributed by atoms with E-state index in [-0.39, 0.29) is 5.91 Å². The van der Waals surface area contributed by atoms with Crippen LogP contribution < -0.4 is 14.8 Å². The van der Waals surface area contributed by atoms with Crippen molar-refractivity contribution < 1.29 is 23.8 Å². The summed E-state index contributed by atoms with van der Waals surface area (Å²) in [4.78, 5) is 23.8. The third-order valence-corrected chi connectivity index (χ3v) is 4.20. The first-order valence-electron chi connectivity index (χ1n) is 9.21. The van der Waals surface area contributed by atoms with Gasteiger partial charge in [-0.2, -0.15) is 0 Å². The average molecular weight is 385 g/mol. The molecule has 0 aliphatic rings. The summed E-state index contributed by atoms with van der Waals surface area (Å²) in [5.74, 6) is 1.24. The van der Waals surface area contributed by atoms with Gasteiger partial charge in [-0.15, -0.1) is 0 Å². The molecule has 2 rings (SSSR count). The van der Waals surface area contributed by atoms with E-state index in [1.54, 1.807) is 31.4 Å². The van der Waals surface area contributed by atoms with Gasteiger partial charge in [0.05, 0.1) is 26.4 Å². The van der Waals surface area contributed by atoms with Gasteiger partial charge in [0.25, 0.3) is 5.91 Å². The molecule has 150 valence electrons. The molecule has 0 unspecified atom stereocenters. The van der Waals surface area contributed by atoms with Crippen molar-refractivity contribution in [2.75, 3.05) is 20.8 Å². The van der Waals surface area contributed by atoms with E-state index >= 15 is 0 Å². The van der Waals surface area contributed by atoms with Crippen LogP contribution in [0.25, 0.3) is 0 Å². The van der Waals surface area contributed by atoms with Gasteiger partial charge in [0.1, 0.15) is 0 Å². The van der Waals surface area contributed by atoms with Crippen molar-refractivity contribution in [3.63, 3.8) is 0 Å². The first kappa shape index (κ1) is 21.3. The second-order valence-corrected chi connectivity index (χ2v) is 6.77. The number of hydrogen-bond acceptors (Lipinski definition) is 5. The predicted molar refractivity (Wildman–Crippen MR) is 107 cm³/mol. The molecule has 6 heteroatoms. The molecule has 0 radical (unpaired) electrons. The van der Waals surface area contributed by atoms with Crippen molar-refractivity contribution in [2.24, 2.45) is 5.92 Å². The minimum absolute atomic E-state index is 0.229. The molecule has 2 aromatic carbocycles. The fourth-order valence-electron chi connectivity index (χ4n) is 2.51. The molecule has 0 aromatic heterocycles. The van der Waals surface area contributed by atoms with Crippen LogP contribution in [-0.4, -0.2) is 32.7 Å². The number of amides is 1. The molecule has 6 nitrogen and oxygen atoms in total. The topological polar surface area (TPSA) is 73.9 Å². The highest BCUT2D eigenvalue weighted by Gasteiger charge is 2.10. The molecule has 0 saturated heterocycles. The molecule has 0 heterocycles. The third kappa shape index (κ3) is 6.01. The van der Waals surface area contributed by atoms with Crippen LogP contribution >= 0.6 is 0 Å². The van der Waals surface area contributed by atoms with E-state index in [1.165, 1.54) is 7.11 Å². The molecule has 0 saturated carbocycles. The number of carbonyl (C=O) groups excluding carboxylic acids is 2. The Labute approximate surface area is 165 Å². The highest BCUT2D eigenvalue weighted by Crippen LogP contribution is 2.28. The standard InChI is InChI=1S/C22H27NO5/c1-15(2)11-12-28-19-10-5-16(13-20(19)26-3)14-23-21(24)17-6-8-18(9-7-17)22(25)27-4/h5-10,13,15H,11-12,14H2,1-4H3,(H,23,24). The van der Waals surface area contributed by atoms with Gasteiger partial charge < -0.3 is 19.5 Å². The molecule has 0 spiro atoms. The summed E-state index contributed by atoms with van der Waals surface area (Å²) in [6.07, 6.45) is 0.968. The van der Waals surface area contributed by atoms with Crippen LogP contribution in [0.2, 0.25) is 0 Å². The number of ether oxygens (including phenoxy) is 3. The van der Waals surface area contributed by atoms with Gasteiger partial charge in [0.15, 0.2) is 11.5 Å². The largest absolute Gasteiger partial charge is 0.493 e. The lowest BCUT2D eigenvalue weighted by atomic mass is 10.1. The molecule has 0 aliphatic heterocycles. The van der Waals surface area contributed by atoms with E-state index in [9.17, 15) is 9.59 Å². The maximum Gasteiger partial charge on any atom is 0.337 e. The van der Waals surface area contributed by atoms with Crippen molar-refractivity contribution in [1.29, 1.82) is 0 Å². The Balaban J connectivity index is 1.96.